The highest BCUT2D eigenvalue weighted by Crippen LogP contribution is 2.39. The highest BCUT2D eigenvalue weighted by Gasteiger charge is 2.33. The molecule has 0 saturated carbocycles. The van der Waals surface area contributed by atoms with E-state index in [0.717, 1.165) is 34.5 Å². The second-order valence-electron chi connectivity index (χ2n) is 7.53. The lowest BCUT2D eigenvalue weighted by atomic mass is 10.2. The van der Waals surface area contributed by atoms with Crippen molar-refractivity contribution in [3.8, 4) is 0 Å². The number of ether oxygens (including phenoxy) is 2. The lowest BCUT2D eigenvalue weighted by molar-refractivity contribution is -0.116. The summed E-state index contributed by atoms with van der Waals surface area (Å²) in [6, 6.07) is 15.4. The van der Waals surface area contributed by atoms with Gasteiger partial charge in [-0.1, -0.05) is 37.3 Å². The fraction of sp³-hybridized carbons (Fsp3) is 0.375. The van der Waals surface area contributed by atoms with Crippen LogP contribution in [-0.4, -0.2) is 56.4 Å². The number of nitrogens with zero attached hydrogens (tertiary/aromatic N) is 1. The Balaban J connectivity index is 0.000000235. The van der Waals surface area contributed by atoms with Gasteiger partial charge in [-0.3, -0.25) is 9.69 Å². The number of likely N-dealkylation sites (N-methyl/N-ethyl adjacent to an activating group) is 1. The van der Waals surface area contributed by atoms with Gasteiger partial charge >= 0.3 is 6.09 Å². The third kappa shape index (κ3) is 6.80. The number of carbonyl (C=O) groups is 3. The Morgan fingerprint density at radius 1 is 1.24 bits per heavy atom. The average molecular weight is 472 g/mol. The molecule has 0 aromatic heterocycles. The van der Waals surface area contributed by atoms with Crippen molar-refractivity contribution in [1.82, 2.24) is 5.32 Å². The van der Waals surface area contributed by atoms with E-state index in [9.17, 15) is 14.4 Å². The average Bonchev–Trinajstić information content (AvgIpc) is 3.20. The van der Waals surface area contributed by atoms with Gasteiger partial charge in [-0.2, -0.15) is 0 Å². The Hall–Kier alpha value is -2.88. The van der Waals surface area contributed by atoms with E-state index in [1.807, 2.05) is 62.5 Å². The number of aldehydes is 1. The van der Waals surface area contributed by atoms with Gasteiger partial charge in [0, 0.05) is 17.1 Å². The molecular weight excluding hydrogens is 442 g/mol. The van der Waals surface area contributed by atoms with E-state index in [1.165, 1.54) is 0 Å². The third-order valence-electron chi connectivity index (χ3n) is 5.07. The highest BCUT2D eigenvalue weighted by molar-refractivity contribution is 8.01. The summed E-state index contributed by atoms with van der Waals surface area (Å²) in [5, 5.41) is 5.85. The van der Waals surface area contributed by atoms with E-state index >= 15 is 0 Å². The second kappa shape index (κ2) is 12.4. The summed E-state index contributed by atoms with van der Waals surface area (Å²) in [5.41, 5.74) is 2.71. The van der Waals surface area contributed by atoms with Crippen molar-refractivity contribution in [3.63, 3.8) is 0 Å². The maximum Gasteiger partial charge on any atom is 0.414 e. The largest absolute Gasteiger partial charge is 0.443 e. The molecule has 0 bridgehead atoms. The molecule has 0 spiro atoms. The highest BCUT2D eigenvalue weighted by atomic mass is 32.2. The van der Waals surface area contributed by atoms with Crippen molar-refractivity contribution in [2.75, 3.05) is 37.0 Å². The summed E-state index contributed by atoms with van der Waals surface area (Å²) in [6.45, 7) is 3.85. The molecule has 2 aromatic carbocycles. The molecule has 2 unspecified atom stereocenters. The van der Waals surface area contributed by atoms with Gasteiger partial charge in [0.25, 0.3) is 0 Å². The van der Waals surface area contributed by atoms with Crippen LogP contribution in [0.15, 0.2) is 53.4 Å². The van der Waals surface area contributed by atoms with Gasteiger partial charge in [-0.15, -0.1) is 11.8 Å². The number of benzene rings is 2. The molecule has 2 atom stereocenters. The molecule has 9 heteroatoms. The number of carbonyl (C=O) groups excluding carboxylic acids is 3. The Bertz CT molecular complexity index is 956. The zero-order chi connectivity index (χ0) is 23.6. The molecule has 2 aliphatic rings. The van der Waals surface area contributed by atoms with Crippen LogP contribution >= 0.6 is 11.8 Å². The van der Waals surface area contributed by atoms with Gasteiger partial charge in [0.1, 0.15) is 19.0 Å². The number of nitrogens with one attached hydrogen (secondary N) is 2. The van der Waals surface area contributed by atoms with Crippen LogP contribution in [0.3, 0.4) is 0 Å². The standard InChI is InChI=1S/C15H19N3O3S.C9H10O2/c1-3-12-14(19)17-11-5-4-9(6-13(11)22-12)18-8-10(7-16-2)21-15(18)20;10-6-7-11-8-9-4-2-1-3-5-9/h4-6,10,12,16H,3,7-8H2,1-2H3,(H,17,19);1-6H,7-8H2. The van der Waals surface area contributed by atoms with Gasteiger partial charge in [0.2, 0.25) is 5.91 Å². The van der Waals surface area contributed by atoms with Crippen LogP contribution in [0.2, 0.25) is 0 Å². The predicted molar refractivity (Wildman–Crippen MR) is 129 cm³/mol. The van der Waals surface area contributed by atoms with Crippen molar-refractivity contribution < 1.29 is 23.9 Å². The summed E-state index contributed by atoms with van der Waals surface area (Å²) < 4.78 is 10.3. The van der Waals surface area contributed by atoms with Crippen molar-refractivity contribution in [1.29, 1.82) is 0 Å². The van der Waals surface area contributed by atoms with Crippen LogP contribution in [0.1, 0.15) is 18.9 Å². The minimum atomic E-state index is -0.322. The molecule has 1 fully saturated rings. The Kier molecular flexibility index (Phi) is 9.29. The Morgan fingerprint density at radius 3 is 2.73 bits per heavy atom. The van der Waals surface area contributed by atoms with Crippen molar-refractivity contribution in [3.05, 3.63) is 54.1 Å². The number of rotatable bonds is 8. The van der Waals surface area contributed by atoms with E-state index in [4.69, 9.17) is 9.47 Å². The molecule has 1 saturated heterocycles. The van der Waals surface area contributed by atoms with Gasteiger partial charge < -0.3 is 24.9 Å². The summed E-state index contributed by atoms with van der Waals surface area (Å²) in [4.78, 5) is 36.4. The van der Waals surface area contributed by atoms with Gasteiger partial charge in [0.05, 0.1) is 24.1 Å². The van der Waals surface area contributed by atoms with Crippen LogP contribution in [0.25, 0.3) is 0 Å². The van der Waals surface area contributed by atoms with Crippen molar-refractivity contribution >= 4 is 41.4 Å². The molecule has 0 radical (unpaired) electrons. The number of cyclic esters (lactones) is 1. The predicted octanol–water partition coefficient (Wildman–Crippen LogP) is 3.46. The summed E-state index contributed by atoms with van der Waals surface area (Å²) in [6.07, 6.45) is 1.07. The Morgan fingerprint density at radius 2 is 2.03 bits per heavy atom. The van der Waals surface area contributed by atoms with Crippen LogP contribution in [0, 0.1) is 0 Å². The lowest BCUT2D eigenvalue weighted by Crippen LogP contribution is -2.30. The number of anilines is 2. The topological polar surface area (TPSA) is 97.0 Å². The van der Waals surface area contributed by atoms with E-state index in [1.54, 1.807) is 16.7 Å². The second-order valence-corrected chi connectivity index (χ2v) is 8.77. The van der Waals surface area contributed by atoms with Crippen LogP contribution < -0.4 is 15.5 Å². The third-order valence-corrected chi connectivity index (χ3v) is 6.49. The number of fused-ring (bicyclic) bond motifs is 1. The first-order valence-corrected chi connectivity index (χ1v) is 11.7. The van der Waals surface area contributed by atoms with E-state index in [0.29, 0.717) is 19.7 Å². The minimum Gasteiger partial charge on any atom is -0.443 e. The zero-order valence-corrected chi connectivity index (χ0v) is 19.6. The van der Waals surface area contributed by atoms with Crippen LogP contribution in [0.4, 0.5) is 16.2 Å². The van der Waals surface area contributed by atoms with Crippen molar-refractivity contribution in [2.24, 2.45) is 0 Å². The molecule has 2 aliphatic heterocycles. The van der Waals surface area contributed by atoms with Gasteiger partial charge in [-0.05, 0) is 37.2 Å². The van der Waals surface area contributed by atoms with Gasteiger partial charge in [0.15, 0.2) is 0 Å². The van der Waals surface area contributed by atoms with Gasteiger partial charge in [-0.25, -0.2) is 4.79 Å². The number of amides is 2. The number of hydrogen-bond acceptors (Lipinski definition) is 7. The molecule has 2 heterocycles. The summed E-state index contributed by atoms with van der Waals surface area (Å²) >= 11 is 1.55. The lowest BCUT2D eigenvalue weighted by Gasteiger charge is -2.24. The molecule has 4 rings (SSSR count). The molecular formula is C24H29N3O5S. The maximum atomic E-state index is 12.0. The molecule has 2 aromatic rings. The van der Waals surface area contributed by atoms with E-state index < -0.39 is 0 Å². The SMILES string of the molecule is CCC1Sc2cc(N3CC(CNC)OC3=O)ccc2NC1=O.O=CCOCc1ccccc1. The first-order valence-electron chi connectivity index (χ1n) is 10.8. The Labute approximate surface area is 198 Å². The number of hydrogen-bond donors (Lipinski definition) is 2. The number of thioether (sulfide) groups is 1. The maximum absolute atomic E-state index is 12.0. The fourth-order valence-corrected chi connectivity index (χ4v) is 4.51. The summed E-state index contributed by atoms with van der Waals surface area (Å²) in [7, 11) is 1.83. The minimum absolute atomic E-state index is 0.0439. The van der Waals surface area contributed by atoms with Crippen LogP contribution in [0.5, 0.6) is 0 Å². The molecule has 33 heavy (non-hydrogen) atoms. The molecule has 176 valence electrons. The van der Waals surface area contributed by atoms with E-state index in [2.05, 4.69) is 10.6 Å². The van der Waals surface area contributed by atoms with Crippen LogP contribution in [-0.2, 0) is 25.7 Å². The normalized spacial score (nSPS) is 19.2. The monoisotopic (exact) mass is 471 g/mol. The smallest absolute Gasteiger partial charge is 0.414 e. The molecule has 2 N–H and O–H groups in total. The molecule has 2 amide bonds. The fourth-order valence-electron chi connectivity index (χ4n) is 3.43. The van der Waals surface area contributed by atoms with E-state index in [-0.39, 0.29) is 30.0 Å². The zero-order valence-electron chi connectivity index (χ0n) is 18.8. The summed E-state index contributed by atoms with van der Waals surface area (Å²) in [5.74, 6) is 0.0439. The van der Waals surface area contributed by atoms with Crippen molar-refractivity contribution in [2.45, 2.75) is 36.2 Å². The molecule has 0 aliphatic carbocycles. The quantitative estimate of drug-likeness (QED) is 0.450. The first kappa shape index (κ1) is 24.8. The first-order chi connectivity index (χ1) is 16.0. The molecule has 8 nitrogen and oxygen atoms in total.